The highest BCUT2D eigenvalue weighted by Gasteiger charge is 1.99. The summed E-state index contributed by atoms with van der Waals surface area (Å²) in [6.07, 6.45) is 0. The van der Waals surface area contributed by atoms with E-state index in [1.807, 2.05) is 0 Å². The number of rotatable bonds is 5. The predicted octanol–water partition coefficient (Wildman–Crippen LogP) is 3.82. The quantitative estimate of drug-likeness (QED) is 0.867. The van der Waals surface area contributed by atoms with Gasteiger partial charge in [-0.2, -0.15) is 0 Å². The van der Waals surface area contributed by atoms with Crippen LogP contribution >= 0.6 is 11.3 Å². The second kappa shape index (κ2) is 5.84. The average Bonchev–Trinajstić information content (AvgIpc) is 2.75. The summed E-state index contributed by atoms with van der Waals surface area (Å²) in [7, 11) is 1.71. The monoisotopic (exact) mass is 247 g/mol. The minimum Gasteiger partial charge on any atom is -0.380 e. The maximum atomic E-state index is 5.08. The lowest BCUT2D eigenvalue weighted by atomic mass is 10.2. The van der Waals surface area contributed by atoms with Crippen LogP contribution in [0.25, 0.3) is 0 Å². The number of aryl methyl sites for hydroxylation is 1. The number of hydrogen-bond donors (Lipinski definition) is 1. The minimum absolute atomic E-state index is 0.671. The van der Waals surface area contributed by atoms with E-state index in [2.05, 4.69) is 48.0 Å². The molecule has 1 heterocycles. The Bertz CT molecular complexity index is 461. The van der Waals surface area contributed by atoms with Crippen LogP contribution in [0.1, 0.15) is 16.0 Å². The summed E-state index contributed by atoms with van der Waals surface area (Å²) in [5.74, 6) is 0. The van der Waals surface area contributed by atoms with Crippen LogP contribution in [0, 0.1) is 6.92 Å². The van der Waals surface area contributed by atoms with Crippen molar-refractivity contribution in [3.63, 3.8) is 0 Å². The van der Waals surface area contributed by atoms with Crippen molar-refractivity contribution in [1.29, 1.82) is 0 Å². The molecule has 0 amide bonds. The summed E-state index contributed by atoms with van der Waals surface area (Å²) in [6.45, 7) is 3.71. The number of anilines is 1. The molecule has 3 heteroatoms. The van der Waals surface area contributed by atoms with E-state index in [1.165, 1.54) is 16.0 Å². The van der Waals surface area contributed by atoms with Gasteiger partial charge in [-0.1, -0.05) is 12.1 Å². The van der Waals surface area contributed by atoms with Crippen LogP contribution < -0.4 is 5.32 Å². The van der Waals surface area contributed by atoms with Crippen molar-refractivity contribution < 1.29 is 4.74 Å². The van der Waals surface area contributed by atoms with Crippen molar-refractivity contribution in [2.45, 2.75) is 20.1 Å². The molecule has 0 aliphatic rings. The van der Waals surface area contributed by atoms with Gasteiger partial charge in [0.05, 0.1) is 6.61 Å². The van der Waals surface area contributed by atoms with Crippen molar-refractivity contribution in [2.24, 2.45) is 0 Å². The summed E-state index contributed by atoms with van der Waals surface area (Å²) in [5, 5.41) is 5.56. The third kappa shape index (κ3) is 3.32. The first kappa shape index (κ1) is 12.1. The highest BCUT2D eigenvalue weighted by Crippen LogP contribution is 2.18. The van der Waals surface area contributed by atoms with Gasteiger partial charge in [0.15, 0.2) is 0 Å². The Labute approximate surface area is 106 Å². The van der Waals surface area contributed by atoms with Gasteiger partial charge < -0.3 is 10.1 Å². The molecule has 2 nitrogen and oxygen atoms in total. The zero-order valence-corrected chi connectivity index (χ0v) is 11.0. The van der Waals surface area contributed by atoms with Gasteiger partial charge in [0.2, 0.25) is 0 Å². The normalized spacial score (nSPS) is 10.5. The molecule has 0 fully saturated rings. The van der Waals surface area contributed by atoms with Crippen LogP contribution in [0.2, 0.25) is 0 Å². The lowest BCUT2D eigenvalue weighted by Gasteiger charge is -2.07. The van der Waals surface area contributed by atoms with E-state index in [1.54, 1.807) is 18.4 Å². The maximum absolute atomic E-state index is 5.08. The van der Waals surface area contributed by atoms with E-state index in [4.69, 9.17) is 4.74 Å². The van der Waals surface area contributed by atoms with E-state index < -0.39 is 0 Å². The molecule has 1 aromatic carbocycles. The second-order valence-electron chi connectivity index (χ2n) is 4.01. The van der Waals surface area contributed by atoms with Crippen molar-refractivity contribution in [2.75, 3.05) is 12.4 Å². The maximum Gasteiger partial charge on any atom is 0.0713 e. The highest BCUT2D eigenvalue weighted by atomic mass is 32.1. The van der Waals surface area contributed by atoms with E-state index in [0.717, 1.165) is 12.2 Å². The molecule has 0 atom stereocenters. The summed E-state index contributed by atoms with van der Waals surface area (Å²) < 4.78 is 5.08. The van der Waals surface area contributed by atoms with Gasteiger partial charge >= 0.3 is 0 Å². The van der Waals surface area contributed by atoms with Crippen molar-refractivity contribution in [1.82, 2.24) is 0 Å². The van der Waals surface area contributed by atoms with Gasteiger partial charge in [0, 0.05) is 24.2 Å². The lowest BCUT2D eigenvalue weighted by molar-refractivity contribution is 0.185. The second-order valence-corrected chi connectivity index (χ2v) is 5.01. The fourth-order valence-corrected chi connectivity index (χ4v) is 2.50. The van der Waals surface area contributed by atoms with Gasteiger partial charge in [-0.15, -0.1) is 11.3 Å². The molecule has 0 aliphatic heterocycles. The zero-order valence-electron chi connectivity index (χ0n) is 10.2. The van der Waals surface area contributed by atoms with Crippen LogP contribution in [0.3, 0.4) is 0 Å². The summed E-state index contributed by atoms with van der Waals surface area (Å²) >= 11 is 1.80. The van der Waals surface area contributed by atoms with Gasteiger partial charge in [0.1, 0.15) is 0 Å². The fourth-order valence-electron chi connectivity index (χ4n) is 1.65. The first-order valence-corrected chi connectivity index (χ1v) is 6.52. The summed E-state index contributed by atoms with van der Waals surface area (Å²) in [4.78, 5) is 1.39. The van der Waals surface area contributed by atoms with Crippen molar-refractivity contribution in [3.8, 4) is 0 Å². The van der Waals surface area contributed by atoms with Gasteiger partial charge in [-0.3, -0.25) is 0 Å². The number of methoxy groups -OCH3 is 1. The number of nitrogens with one attached hydrogen (secondary N) is 1. The molecule has 0 saturated heterocycles. The fraction of sp³-hybridized carbons (Fsp3) is 0.286. The van der Waals surface area contributed by atoms with E-state index >= 15 is 0 Å². The van der Waals surface area contributed by atoms with Gasteiger partial charge in [-0.05, 0) is 41.6 Å². The predicted molar refractivity (Wildman–Crippen MR) is 73.5 cm³/mol. The van der Waals surface area contributed by atoms with Crippen LogP contribution in [0.5, 0.6) is 0 Å². The van der Waals surface area contributed by atoms with Crippen LogP contribution in [-0.2, 0) is 17.9 Å². The molecular weight excluding hydrogens is 230 g/mol. The molecule has 1 aromatic heterocycles. The zero-order chi connectivity index (χ0) is 12.1. The molecule has 90 valence electrons. The molecule has 0 saturated carbocycles. The Morgan fingerprint density at radius 1 is 1.18 bits per heavy atom. The van der Waals surface area contributed by atoms with E-state index in [0.29, 0.717) is 6.61 Å². The van der Waals surface area contributed by atoms with Crippen molar-refractivity contribution >= 4 is 17.0 Å². The first-order valence-electron chi connectivity index (χ1n) is 5.64. The largest absolute Gasteiger partial charge is 0.380 e. The number of ether oxygens (including phenoxy) is 1. The third-order valence-corrected chi connectivity index (χ3v) is 3.71. The molecule has 0 bridgehead atoms. The Balaban J connectivity index is 1.93. The Hall–Kier alpha value is -1.32. The minimum atomic E-state index is 0.671. The highest BCUT2D eigenvalue weighted by molar-refractivity contribution is 7.10. The standard InChI is InChI=1S/C14H17NOS/c1-11-7-8-17-14(11)9-15-13-5-3-12(4-6-13)10-16-2/h3-8,15H,9-10H2,1-2H3. The molecule has 0 aliphatic carbocycles. The number of thiophene rings is 1. The molecule has 0 unspecified atom stereocenters. The van der Waals surface area contributed by atoms with E-state index in [9.17, 15) is 0 Å². The van der Waals surface area contributed by atoms with Crippen LogP contribution in [0.4, 0.5) is 5.69 Å². The molecule has 2 rings (SSSR count). The molecule has 17 heavy (non-hydrogen) atoms. The Morgan fingerprint density at radius 3 is 2.53 bits per heavy atom. The average molecular weight is 247 g/mol. The summed E-state index contributed by atoms with van der Waals surface area (Å²) in [6, 6.07) is 10.5. The Morgan fingerprint density at radius 2 is 1.94 bits per heavy atom. The lowest BCUT2D eigenvalue weighted by Crippen LogP contribution is -1.98. The molecular formula is C14H17NOS. The third-order valence-electron chi connectivity index (χ3n) is 2.69. The molecule has 2 aromatic rings. The molecule has 0 spiro atoms. The topological polar surface area (TPSA) is 21.3 Å². The van der Waals surface area contributed by atoms with Gasteiger partial charge in [-0.25, -0.2) is 0 Å². The number of benzene rings is 1. The van der Waals surface area contributed by atoms with Crippen LogP contribution in [-0.4, -0.2) is 7.11 Å². The van der Waals surface area contributed by atoms with E-state index in [-0.39, 0.29) is 0 Å². The Kier molecular flexibility index (Phi) is 4.18. The van der Waals surface area contributed by atoms with Crippen molar-refractivity contribution in [3.05, 3.63) is 51.7 Å². The smallest absolute Gasteiger partial charge is 0.0713 e. The first-order chi connectivity index (χ1) is 8.29. The molecule has 0 radical (unpaired) electrons. The molecule has 1 N–H and O–H groups in total. The van der Waals surface area contributed by atoms with Crippen LogP contribution in [0.15, 0.2) is 35.7 Å². The SMILES string of the molecule is COCc1ccc(NCc2sccc2C)cc1. The summed E-state index contributed by atoms with van der Waals surface area (Å²) in [5.41, 5.74) is 3.71. The van der Waals surface area contributed by atoms with Gasteiger partial charge in [0.25, 0.3) is 0 Å². The number of hydrogen-bond acceptors (Lipinski definition) is 3.